The lowest BCUT2D eigenvalue weighted by atomic mass is 10.2. The Kier molecular flexibility index (Phi) is 5.92. The van der Waals surface area contributed by atoms with Gasteiger partial charge in [-0.2, -0.15) is 0 Å². The molecule has 0 saturated carbocycles. The van der Waals surface area contributed by atoms with Gasteiger partial charge >= 0.3 is 0 Å². The fraction of sp³-hybridized carbons (Fsp3) is 0.188. The number of halogens is 3. The van der Waals surface area contributed by atoms with Crippen molar-refractivity contribution in [3.05, 3.63) is 57.8 Å². The number of sulfonamides is 1. The van der Waals surface area contributed by atoms with E-state index in [1.807, 2.05) is 0 Å². The first kappa shape index (κ1) is 19.5. The van der Waals surface area contributed by atoms with Gasteiger partial charge in [0.25, 0.3) is 0 Å². The Morgan fingerprint density at radius 3 is 2.48 bits per heavy atom. The largest absolute Gasteiger partial charge is 0.324 e. The minimum Gasteiger partial charge on any atom is -0.324 e. The van der Waals surface area contributed by atoms with Crippen molar-refractivity contribution in [1.82, 2.24) is 0 Å². The number of hydrogen-bond acceptors (Lipinski definition) is 3. The van der Waals surface area contributed by atoms with Crippen LogP contribution in [0.4, 0.5) is 15.8 Å². The lowest BCUT2D eigenvalue weighted by Crippen LogP contribution is -2.37. The monoisotopic (exact) mass is 404 g/mol. The molecule has 9 heteroatoms. The standard InChI is InChI=1S/C16H15Cl2FN2O3S/c1-10-12(17)4-3-5-15(10)20-16(22)9-21(25(2,23)24)11-6-7-14(19)13(18)8-11/h3-8H,9H2,1-2H3,(H,20,22). The summed E-state index contributed by atoms with van der Waals surface area (Å²) in [6.07, 6.45) is 0.947. The maximum absolute atomic E-state index is 13.3. The van der Waals surface area contributed by atoms with E-state index in [1.165, 1.54) is 6.07 Å². The van der Waals surface area contributed by atoms with Gasteiger partial charge in [-0.15, -0.1) is 0 Å². The summed E-state index contributed by atoms with van der Waals surface area (Å²) in [4.78, 5) is 12.3. The first-order chi connectivity index (χ1) is 11.6. The van der Waals surface area contributed by atoms with Gasteiger partial charge < -0.3 is 5.32 Å². The van der Waals surface area contributed by atoms with Gasteiger partial charge in [0.15, 0.2) is 0 Å². The lowest BCUT2D eigenvalue weighted by molar-refractivity contribution is -0.114. The zero-order chi connectivity index (χ0) is 18.8. The van der Waals surface area contributed by atoms with E-state index >= 15 is 0 Å². The second-order valence-electron chi connectivity index (χ2n) is 5.33. The number of amides is 1. The molecular weight excluding hydrogens is 390 g/mol. The summed E-state index contributed by atoms with van der Waals surface area (Å²) >= 11 is 11.7. The predicted octanol–water partition coefficient (Wildman–Crippen LogP) is 3.85. The molecule has 0 unspecified atom stereocenters. The molecule has 0 aromatic heterocycles. The van der Waals surface area contributed by atoms with Crippen molar-refractivity contribution in [1.29, 1.82) is 0 Å². The van der Waals surface area contributed by atoms with Crippen LogP contribution >= 0.6 is 23.2 Å². The maximum atomic E-state index is 13.3. The van der Waals surface area contributed by atoms with Crippen LogP contribution in [0.15, 0.2) is 36.4 Å². The van der Waals surface area contributed by atoms with Crippen LogP contribution in [0.1, 0.15) is 5.56 Å². The molecule has 1 N–H and O–H groups in total. The second kappa shape index (κ2) is 7.59. The van der Waals surface area contributed by atoms with E-state index < -0.39 is 28.3 Å². The smallest absolute Gasteiger partial charge is 0.245 e. The van der Waals surface area contributed by atoms with E-state index in [0.717, 1.165) is 22.7 Å². The number of carbonyl (C=O) groups is 1. The molecule has 0 atom stereocenters. The van der Waals surface area contributed by atoms with E-state index in [-0.39, 0.29) is 10.7 Å². The summed E-state index contributed by atoms with van der Waals surface area (Å²) in [6, 6.07) is 8.42. The number of anilines is 2. The van der Waals surface area contributed by atoms with Gasteiger partial charge in [-0.05, 0) is 42.8 Å². The van der Waals surface area contributed by atoms with Crippen molar-refractivity contribution >= 4 is 50.5 Å². The molecule has 0 heterocycles. The molecule has 0 aliphatic rings. The molecule has 0 aliphatic carbocycles. The van der Waals surface area contributed by atoms with Gasteiger partial charge in [0.2, 0.25) is 15.9 Å². The molecule has 2 rings (SSSR count). The molecule has 5 nitrogen and oxygen atoms in total. The Balaban J connectivity index is 2.27. The SMILES string of the molecule is Cc1c(Cl)cccc1NC(=O)CN(c1ccc(F)c(Cl)c1)S(C)(=O)=O. The highest BCUT2D eigenvalue weighted by Crippen LogP contribution is 2.25. The molecule has 0 fully saturated rings. The second-order valence-corrected chi connectivity index (χ2v) is 8.05. The van der Waals surface area contributed by atoms with Crippen LogP contribution in [0.3, 0.4) is 0 Å². The van der Waals surface area contributed by atoms with Crippen LogP contribution < -0.4 is 9.62 Å². The zero-order valence-corrected chi connectivity index (χ0v) is 15.7. The van der Waals surface area contributed by atoms with Gasteiger partial charge in [-0.3, -0.25) is 9.10 Å². The lowest BCUT2D eigenvalue weighted by Gasteiger charge is -2.22. The van der Waals surface area contributed by atoms with E-state index in [2.05, 4.69) is 5.32 Å². The number of nitrogens with zero attached hydrogens (tertiary/aromatic N) is 1. The number of hydrogen-bond donors (Lipinski definition) is 1. The Labute approximate surface area is 155 Å². The van der Waals surface area contributed by atoms with Gasteiger partial charge in [0.05, 0.1) is 17.0 Å². The highest BCUT2D eigenvalue weighted by molar-refractivity contribution is 7.92. The third-order valence-corrected chi connectivity index (χ3v) is 5.26. The van der Waals surface area contributed by atoms with E-state index in [4.69, 9.17) is 23.2 Å². The normalized spacial score (nSPS) is 11.2. The Hall–Kier alpha value is -1.83. The number of benzene rings is 2. The molecule has 134 valence electrons. The van der Waals surface area contributed by atoms with Gasteiger partial charge in [-0.1, -0.05) is 29.3 Å². The van der Waals surface area contributed by atoms with Crippen LogP contribution in [-0.2, 0) is 14.8 Å². The summed E-state index contributed by atoms with van der Waals surface area (Å²) in [5, 5.41) is 2.85. The minimum absolute atomic E-state index is 0.0897. The highest BCUT2D eigenvalue weighted by atomic mass is 35.5. The molecule has 0 bridgehead atoms. The minimum atomic E-state index is -3.79. The fourth-order valence-electron chi connectivity index (χ4n) is 2.10. The quantitative estimate of drug-likeness (QED) is 0.822. The molecule has 0 spiro atoms. The zero-order valence-electron chi connectivity index (χ0n) is 13.4. The molecule has 0 saturated heterocycles. The summed E-state index contributed by atoms with van der Waals surface area (Å²) < 4.78 is 38.2. The summed E-state index contributed by atoms with van der Waals surface area (Å²) in [7, 11) is -3.79. The molecular formula is C16H15Cl2FN2O3S. The number of carbonyl (C=O) groups excluding carboxylic acids is 1. The molecule has 2 aromatic carbocycles. The topological polar surface area (TPSA) is 66.5 Å². The van der Waals surface area contributed by atoms with Crippen molar-refractivity contribution in [2.24, 2.45) is 0 Å². The van der Waals surface area contributed by atoms with Crippen LogP contribution in [0.25, 0.3) is 0 Å². The van der Waals surface area contributed by atoms with Crippen LogP contribution in [0.5, 0.6) is 0 Å². The maximum Gasteiger partial charge on any atom is 0.245 e. The molecule has 0 radical (unpaired) electrons. The molecule has 0 aliphatic heterocycles. The van der Waals surface area contributed by atoms with Crippen LogP contribution in [0.2, 0.25) is 10.0 Å². The summed E-state index contributed by atoms with van der Waals surface area (Å²) in [5.74, 6) is -1.26. The van der Waals surface area contributed by atoms with Crippen LogP contribution in [-0.4, -0.2) is 27.1 Å². The summed E-state index contributed by atoms with van der Waals surface area (Å²) in [6.45, 7) is 1.23. The van der Waals surface area contributed by atoms with Gasteiger partial charge in [-0.25, -0.2) is 12.8 Å². The van der Waals surface area contributed by atoms with Crippen molar-refractivity contribution < 1.29 is 17.6 Å². The van der Waals surface area contributed by atoms with Crippen LogP contribution in [0, 0.1) is 12.7 Å². The first-order valence-electron chi connectivity index (χ1n) is 7.07. The predicted molar refractivity (Wildman–Crippen MR) is 98.4 cm³/mol. The molecule has 25 heavy (non-hydrogen) atoms. The molecule has 2 aromatic rings. The van der Waals surface area contributed by atoms with Crippen molar-refractivity contribution in [3.8, 4) is 0 Å². The van der Waals surface area contributed by atoms with Crippen molar-refractivity contribution in [3.63, 3.8) is 0 Å². The third kappa shape index (κ3) is 4.84. The van der Waals surface area contributed by atoms with E-state index in [1.54, 1.807) is 25.1 Å². The van der Waals surface area contributed by atoms with Crippen molar-refractivity contribution in [2.75, 3.05) is 22.4 Å². The summed E-state index contributed by atoms with van der Waals surface area (Å²) in [5.41, 5.74) is 1.23. The Morgan fingerprint density at radius 2 is 1.88 bits per heavy atom. The average Bonchev–Trinajstić information content (AvgIpc) is 2.51. The van der Waals surface area contributed by atoms with E-state index in [0.29, 0.717) is 16.3 Å². The Bertz CT molecular complexity index is 920. The molecule has 1 amide bonds. The number of rotatable bonds is 5. The highest BCUT2D eigenvalue weighted by Gasteiger charge is 2.22. The van der Waals surface area contributed by atoms with Crippen molar-refractivity contribution in [2.45, 2.75) is 6.92 Å². The third-order valence-electron chi connectivity index (χ3n) is 3.42. The Morgan fingerprint density at radius 1 is 1.20 bits per heavy atom. The van der Waals surface area contributed by atoms with Gasteiger partial charge in [0.1, 0.15) is 12.4 Å². The number of nitrogens with one attached hydrogen (secondary N) is 1. The van der Waals surface area contributed by atoms with E-state index in [9.17, 15) is 17.6 Å². The van der Waals surface area contributed by atoms with Gasteiger partial charge in [0, 0.05) is 10.7 Å². The average molecular weight is 405 g/mol. The first-order valence-corrected chi connectivity index (χ1v) is 9.67. The fourth-order valence-corrected chi connectivity index (χ4v) is 3.30.